The Morgan fingerprint density at radius 2 is 1.71 bits per heavy atom. The number of hydrogen-bond acceptors (Lipinski definition) is 3. The zero-order valence-electron chi connectivity index (χ0n) is 15.8. The molecule has 0 aliphatic carbocycles. The van der Waals surface area contributed by atoms with Crippen molar-refractivity contribution < 1.29 is 9.59 Å². The fourth-order valence-corrected chi connectivity index (χ4v) is 3.15. The number of hydrogen-bond donors (Lipinski definition) is 0. The van der Waals surface area contributed by atoms with Crippen molar-refractivity contribution in [1.82, 2.24) is 19.4 Å². The van der Waals surface area contributed by atoms with E-state index in [0.29, 0.717) is 19.6 Å². The van der Waals surface area contributed by atoms with Crippen LogP contribution in [0.1, 0.15) is 11.3 Å². The van der Waals surface area contributed by atoms with Crippen LogP contribution in [0.25, 0.3) is 0 Å². The highest BCUT2D eigenvalue weighted by Crippen LogP contribution is 2.14. The quantitative estimate of drug-likeness (QED) is 0.666. The summed E-state index contributed by atoms with van der Waals surface area (Å²) in [6, 6.07) is 9.70. The van der Waals surface area contributed by atoms with Gasteiger partial charge in [-0.15, -0.1) is 0 Å². The monoisotopic (exact) mass is 376 g/mol. The maximum absolute atomic E-state index is 12.6. The average Bonchev–Trinajstić information content (AvgIpc) is 3.13. The first-order valence-corrected chi connectivity index (χ1v) is 9.13. The number of carbonyl (C=O) groups is 2. The molecule has 0 spiro atoms. The van der Waals surface area contributed by atoms with Gasteiger partial charge >= 0.3 is 0 Å². The summed E-state index contributed by atoms with van der Waals surface area (Å²) in [5, 5.41) is 0. The second-order valence-electron chi connectivity index (χ2n) is 6.68. The van der Waals surface area contributed by atoms with Crippen LogP contribution in [-0.2, 0) is 29.2 Å². The van der Waals surface area contributed by atoms with Gasteiger partial charge in [-0.1, -0.05) is 61.7 Å². The Balaban J connectivity index is 1.65. The molecule has 1 aliphatic rings. The molecule has 28 heavy (non-hydrogen) atoms. The van der Waals surface area contributed by atoms with Crippen LogP contribution in [0.4, 0.5) is 0 Å². The van der Waals surface area contributed by atoms with Crippen LogP contribution in [0.15, 0.2) is 79.8 Å². The van der Waals surface area contributed by atoms with E-state index in [1.54, 1.807) is 34.5 Å². The van der Waals surface area contributed by atoms with Crippen LogP contribution >= 0.6 is 0 Å². The lowest BCUT2D eigenvalue weighted by Crippen LogP contribution is -2.53. The van der Waals surface area contributed by atoms with Crippen molar-refractivity contribution in [1.29, 1.82) is 0 Å². The first-order chi connectivity index (χ1) is 13.6. The van der Waals surface area contributed by atoms with E-state index >= 15 is 0 Å². The smallest absolute Gasteiger partial charge is 0.243 e. The number of amides is 2. The molecule has 0 radical (unpaired) electrons. The average molecular weight is 376 g/mol. The molecule has 6 heteroatoms. The van der Waals surface area contributed by atoms with E-state index in [1.807, 2.05) is 41.0 Å². The van der Waals surface area contributed by atoms with Crippen molar-refractivity contribution in [3.63, 3.8) is 0 Å². The summed E-state index contributed by atoms with van der Waals surface area (Å²) in [5.74, 6) is -0.110. The normalized spacial score (nSPS) is 15.1. The molecule has 1 fully saturated rings. The maximum Gasteiger partial charge on any atom is 0.243 e. The van der Waals surface area contributed by atoms with Crippen LogP contribution in [-0.4, -0.2) is 44.3 Å². The molecule has 1 aromatic carbocycles. The van der Waals surface area contributed by atoms with Crippen molar-refractivity contribution in [3.8, 4) is 0 Å². The number of nitrogens with zero attached hydrogens (tertiary/aromatic N) is 4. The molecular formula is C22H24N4O2. The highest BCUT2D eigenvalue weighted by atomic mass is 16.2. The van der Waals surface area contributed by atoms with Crippen LogP contribution < -0.4 is 0 Å². The molecule has 0 N–H and O–H groups in total. The van der Waals surface area contributed by atoms with Crippen molar-refractivity contribution in [3.05, 3.63) is 91.1 Å². The predicted octanol–water partition coefficient (Wildman–Crippen LogP) is 2.55. The summed E-state index contributed by atoms with van der Waals surface area (Å²) < 4.78 is 1.95. The maximum atomic E-state index is 12.6. The summed E-state index contributed by atoms with van der Waals surface area (Å²) in [6.07, 6.45) is 8.80. The van der Waals surface area contributed by atoms with Gasteiger partial charge in [-0.3, -0.25) is 9.59 Å². The largest absolute Gasteiger partial charge is 0.329 e. The lowest BCUT2D eigenvalue weighted by Gasteiger charge is -2.34. The molecule has 6 nitrogen and oxygen atoms in total. The van der Waals surface area contributed by atoms with Crippen molar-refractivity contribution in [2.45, 2.75) is 19.6 Å². The van der Waals surface area contributed by atoms with E-state index in [0.717, 1.165) is 16.8 Å². The topological polar surface area (TPSA) is 58.4 Å². The lowest BCUT2D eigenvalue weighted by molar-refractivity contribution is -0.151. The summed E-state index contributed by atoms with van der Waals surface area (Å²) in [7, 11) is 0. The molecule has 0 atom stereocenters. The Kier molecular flexibility index (Phi) is 6.22. The zero-order chi connectivity index (χ0) is 19.9. The van der Waals surface area contributed by atoms with E-state index in [4.69, 9.17) is 0 Å². The lowest BCUT2D eigenvalue weighted by atomic mass is 10.2. The minimum absolute atomic E-state index is 0.0483. The van der Waals surface area contributed by atoms with Gasteiger partial charge in [-0.2, -0.15) is 0 Å². The van der Waals surface area contributed by atoms with Gasteiger partial charge in [0.15, 0.2) is 0 Å². The Morgan fingerprint density at radius 1 is 1.04 bits per heavy atom. The van der Waals surface area contributed by atoms with Gasteiger partial charge in [-0.05, 0) is 11.1 Å². The molecule has 1 aliphatic heterocycles. The molecule has 0 saturated carbocycles. The van der Waals surface area contributed by atoms with Crippen LogP contribution in [0, 0.1) is 0 Å². The summed E-state index contributed by atoms with van der Waals surface area (Å²) in [5.41, 5.74) is 2.87. The minimum Gasteiger partial charge on any atom is -0.329 e. The third-order valence-electron chi connectivity index (χ3n) is 4.67. The Hall–Kier alpha value is -3.41. The number of imidazole rings is 1. The third kappa shape index (κ3) is 4.65. The second-order valence-corrected chi connectivity index (χ2v) is 6.68. The first kappa shape index (κ1) is 19.4. The minimum atomic E-state index is -0.0612. The second kappa shape index (κ2) is 8.99. The molecule has 1 saturated heterocycles. The molecule has 144 valence electrons. The van der Waals surface area contributed by atoms with Crippen LogP contribution in [0.2, 0.25) is 0 Å². The molecule has 2 heterocycles. The van der Waals surface area contributed by atoms with E-state index in [1.165, 1.54) is 0 Å². The van der Waals surface area contributed by atoms with Gasteiger partial charge in [0.1, 0.15) is 13.1 Å². The molecule has 0 bridgehead atoms. The van der Waals surface area contributed by atoms with E-state index in [-0.39, 0.29) is 24.9 Å². The van der Waals surface area contributed by atoms with Crippen molar-refractivity contribution in [2.75, 3.05) is 13.1 Å². The fraction of sp³-hybridized carbons (Fsp3) is 0.227. The van der Waals surface area contributed by atoms with Gasteiger partial charge in [0.2, 0.25) is 11.8 Å². The zero-order valence-corrected chi connectivity index (χ0v) is 15.8. The standard InChI is InChI=1S/C22H24N4O2/c1-3-8-18(4-2)12-26-17-23-11-20(26)14-25-16-21(27)24(15-22(25)28)13-19-9-6-5-7-10-19/h3-11,17H,1-2,12-16H2/b18-8+. The van der Waals surface area contributed by atoms with Gasteiger partial charge in [0, 0.05) is 19.3 Å². The highest BCUT2D eigenvalue weighted by molar-refractivity contribution is 5.92. The molecule has 2 aromatic rings. The Morgan fingerprint density at radius 3 is 2.36 bits per heavy atom. The summed E-state index contributed by atoms with van der Waals surface area (Å²) in [6.45, 7) is 9.07. The molecule has 3 rings (SSSR count). The number of piperazine rings is 1. The number of benzene rings is 1. The van der Waals surface area contributed by atoms with Gasteiger partial charge in [0.25, 0.3) is 0 Å². The van der Waals surface area contributed by atoms with E-state index in [9.17, 15) is 9.59 Å². The van der Waals surface area contributed by atoms with Gasteiger partial charge in [-0.25, -0.2) is 4.98 Å². The molecular weight excluding hydrogens is 352 g/mol. The van der Waals surface area contributed by atoms with Gasteiger partial charge in [0.05, 0.1) is 18.6 Å². The number of aromatic nitrogens is 2. The predicted molar refractivity (Wildman–Crippen MR) is 108 cm³/mol. The van der Waals surface area contributed by atoms with Crippen molar-refractivity contribution >= 4 is 11.8 Å². The van der Waals surface area contributed by atoms with Gasteiger partial charge < -0.3 is 14.4 Å². The van der Waals surface area contributed by atoms with E-state index < -0.39 is 0 Å². The highest BCUT2D eigenvalue weighted by Gasteiger charge is 2.30. The van der Waals surface area contributed by atoms with Crippen molar-refractivity contribution in [2.24, 2.45) is 0 Å². The number of rotatable bonds is 8. The summed E-state index contributed by atoms with van der Waals surface area (Å²) >= 11 is 0. The SMILES string of the molecule is C=C/C=C(\C=C)Cn1cncc1CN1CC(=O)N(Cc2ccccc2)CC1=O. The third-order valence-corrected chi connectivity index (χ3v) is 4.67. The molecule has 0 unspecified atom stereocenters. The summed E-state index contributed by atoms with van der Waals surface area (Å²) in [4.78, 5) is 32.6. The van der Waals surface area contributed by atoms with E-state index in [2.05, 4.69) is 18.1 Å². The van der Waals surface area contributed by atoms with Crippen LogP contribution in [0.3, 0.4) is 0 Å². The first-order valence-electron chi connectivity index (χ1n) is 9.13. The Labute approximate surface area is 165 Å². The molecule has 1 aromatic heterocycles. The number of allylic oxidation sites excluding steroid dienone is 4. The fourth-order valence-electron chi connectivity index (χ4n) is 3.15. The van der Waals surface area contributed by atoms with Crippen LogP contribution in [0.5, 0.6) is 0 Å². The molecule has 2 amide bonds. The number of carbonyl (C=O) groups excluding carboxylic acids is 2. The Bertz CT molecular complexity index is 898.